The molecule has 1 fully saturated rings. The van der Waals surface area contributed by atoms with Crippen molar-refractivity contribution in [3.05, 3.63) is 35.1 Å². The first-order valence-corrected chi connectivity index (χ1v) is 5.79. The smallest absolute Gasteiger partial charge is 0.256 e. The number of hydrogen-bond donors (Lipinski definition) is 1. The molecule has 0 spiro atoms. The molecule has 17 heavy (non-hydrogen) atoms. The van der Waals surface area contributed by atoms with Crippen LogP contribution in [-0.4, -0.2) is 29.4 Å². The standard InChI is InChI=1S/C13H17FN2O/c1-3-13(15)7-16(8-13)12(17)10-6-9(2)4-5-11(10)14/h4-6H,3,7-8,15H2,1-2H3. The molecule has 1 aromatic rings. The van der Waals surface area contributed by atoms with E-state index in [0.29, 0.717) is 13.1 Å². The van der Waals surface area contributed by atoms with Gasteiger partial charge < -0.3 is 10.6 Å². The number of likely N-dealkylation sites (tertiary alicyclic amines) is 1. The minimum absolute atomic E-state index is 0.142. The number of nitrogens with two attached hydrogens (primary N) is 1. The van der Waals surface area contributed by atoms with E-state index in [0.717, 1.165) is 12.0 Å². The third-order valence-electron chi connectivity index (χ3n) is 3.36. The molecule has 4 heteroatoms. The topological polar surface area (TPSA) is 46.3 Å². The van der Waals surface area contributed by atoms with Gasteiger partial charge in [0.05, 0.1) is 11.1 Å². The molecule has 3 nitrogen and oxygen atoms in total. The number of nitrogens with zero attached hydrogens (tertiary/aromatic N) is 1. The lowest BCUT2D eigenvalue weighted by Gasteiger charge is -2.47. The zero-order chi connectivity index (χ0) is 12.6. The van der Waals surface area contributed by atoms with Crippen LogP contribution in [0.3, 0.4) is 0 Å². The highest BCUT2D eigenvalue weighted by Crippen LogP contribution is 2.24. The van der Waals surface area contributed by atoms with E-state index >= 15 is 0 Å². The summed E-state index contributed by atoms with van der Waals surface area (Å²) in [7, 11) is 0. The second-order valence-corrected chi connectivity index (χ2v) is 4.86. The quantitative estimate of drug-likeness (QED) is 0.849. The van der Waals surface area contributed by atoms with Crippen LogP contribution in [0.4, 0.5) is 4.39 Å². The highest BCUT2D eigenvalue weighted by molar-refractivity contribution is 5.95. The minimum Gasteiger partial charge on any atom is -0.335 e. The van der Waals surface area contributed by atoms with E-state index in [1.807, 2.05) is 13.8 Å². The van der Waals surface area contributed by atoms with Crippen molar-refractivity contribution in [3.63, 3.8) is 0 Å². The average Bonchev–Trinajstić information content (AvgIpc) is 2.27. The Morgan fingerprint density at radius 2 is 2.18 bits per heavy atom. The molecule has 0 aromatic heterocycles. The lowest BCUT2D eigenvalue weighted by molar-refractivity contribution is 0.0397. The summed E-state index contributed by atoms with van der Waals surface area (Å²) >= 11 is 0. The first-order valence-electron chi connectivity index (χ1n) is 5.79. The van der Waals surface area contributed by atoms with Crippen molar-refractivity contribution in [2.45, 2.75) is 25.8 Å². The van der Waals surface area contributed by atoms with E-state index in [9.17, 15) is 9.18 Å². The van der Waals surface area contributed by atoms with Crippen LogP contribution in [0.2, 0.25) is 0 Å². The van der Waals surface area contributed by atoms with Gasteiger partial charge in [-0.2, -0.15) is 0 Å². The lowest BCUT2D eigenvalue weighted by atomic mass is 9.87. The molecule has 1 aliphatic rings. The highest BCUT2D eigenvalue weighted by atomic mass is 19.1. The van der Waals surface area contributed by atoms with Gasteiger partial charge >= 0.3 is 0 Å². The summed E-state index contributed by atoms with van der Waals surface area (Å²) in [5, 5.41) is 0. The Kier molecular flexibility index (Phi) is 2.91. The molecule has 2 rings (SSSR count). The predicted octanol–water partition coefficient (Wildman–Crippen LogP) is 1.70. The highest BCUT2D eigenvalue weighted by Gasteiger charge is 2.41. The Balaban J connectivity index is 2.14. The van der Waals surface area contributed by atoms with Crippen LogP contribution in [0, 0.1) is 12.7 Å². The van der Waals surface area contributed by atoms with Gasteiger partial charge in [-0.15, -0.1) is 0 Å². The van der Waals surface area contributed by atoms with Gasteiger partial charge in [0.2, 0.25) is 0 Å². The number of benzene rings is 1. The molecule has 2 N–H and O–H groups in total. The summed E-state index contributed by atoms with van der Waals surface area (Å²) < 4.78 is 13.5. The van der Waals surface area contributed by atoms with E-state index in [-0.39, 0.29) is 17.0 Å². The fraction of sp³-hybridized carbons (Fsp3) is 0.462. The van der Waals surface area contributed by atoms with E-state index in [1.165, 1.54) is 6.07 Å². The van der Waals surface area contributed by atoms with Crippen molar-refractivity contribution in [3.8, 4) is 0 Å². The van der Waals surface area contributed by atoms with Gasteiger partial charge in [-0.25, -0.2) is 4.39 Å². The number of amides is 1. The summed E-state index contributed by atoms with van der Waals surface area (Å²) in [4.78, 5) is 13.6. The molecule has 92 valence electrons. The zero-order valence-corrected chi connectivity index (χ0v) is 10.2. The van der Waals surface area contributed by atoms with Gasteiger partial charge in [0, 0.05) is 13.1 Å². The Morgan fingerprint density at radius 1 is 1.53 bits per heavy atom. The number of carbonyl (C=O) groups is 1. The van der Waals surface area contributed by atoms with Gasteiger partial charge in [0.1, 0.15) is 5.82 Å². The fourth-order valence-electron chi connectivity index (χ4n) is 2.05. The van der Waals surface area contributed by atoms with Crippen LogP contribution in [0.1, 0.15) is 29.3 Å². The normalized spacial score (nSPS) is 17.8. The summed E-state index contributed by atoms with van der Waals surface area (Å²) in [6, 6.07) is 4.57. The second-order valence-electron chi connectivity index (χ2n) is 4.86. The number of hydrogen-bond acceptors (Lipinski definition) is 2. The number of aryl methyl sites for hydroxylation is 1. The molecule has 0 bridgehead atoms. The van der Waals surface area contributed by atoms with E-state index < -0.39 is 5.82 Å². The van der Waals surface area contributed by atoms with Gasteiger partial charge in [-0.3, -0.25) is 4.79 Å². The molecule has 0 atom stereocenters. The Hall–Kier alpha value is -1.42. The second kappa shape index (κ2) is 4.11. The van der Waals surface area contributed by atoms with Crippen molar-refractivity contribution < 1.29 is 9.18 Å². The maximum Gasteiger partial charge on any atom is 0.256 e. The van der Waals surface area contributed by atoms with Crippen molar-refractivity contribution in [1.29, 1.82) is 0 Å². The molecule has 0 saturated carbocycles. The van der Waals surface area contributed by atoms with Crippen molar-refractivity contribution in [2.75, 3.05) is 13.1 Å². The Labute approximate surface area is 100 Å². The SMILES string of the molecule is CCC1(N)CN(C(=O)c2cc(C)ccc2F)C1. The van der Waals surface area contributed by atoms with Gasteiger partial charge in [-0.1, -0.05) is 18.6 Å². The Bertz CT molecular complexity index is 453. The first kappa shape index (κ1) is 12.0. The maximum absolute atomic E-state index is 13.5. The van der Waals surface area contributed by atoms with Crippen LogP contribution in [0.15, 0.2) is 18.2 Å². The monoisotopic (exact) mass is 236 g/mol. The zero-order valence-electron chi connectivity index (χ0n) is 10.2. The number of halogens is 1. The van der Waals surface area contributed by atoms with Gasteiger partial charge in [0.15, 0.2) is 0 Å². The largest absolute Gasteiger partial charge is 0.335 e. The van der Waals surface area contributed by atoms with Crippen molar-refractivity contribution in [1.82, 2.24) is 4.90 Å². The number of rotatable bonds is 2. The molecular formula is C13H17FN2O. The molecule has 0 radical (unpaired) electrons. The maximum atomic E-state index is 13.5. The molecule has 1 saturated heterocycles. The van der Waals surface area contributed by atoms with Crippen molar-refractivity contribution >= 4 is 5.91 Å². The minimum atomic E-state index is -0.466. The third kappa shape index (κ3) is 2.17. The van der Waals surface area contributed by atoms with E-state index in [4.69, 9.17) is 5.73 Å². The third-order valence-corrected chi connectivity index (χ3v) is 3.36. The van der Waals surface area contributed by atoms with E-state index in [1.54, 1.807) is 17.0 Å². The fourth-order valence-corrected chi connectivity index (χ4v) is 2.05. The number of carbonyl (C=O) groups excluding carboxylic acids is 1. The lowest BCUT2D eigenvalue weighted by Crippen LogP contribution is -2.68. The molecule has 0 aliphatic carbocycles. The van der Waals surface area contributed by atoms with Crippen LogP contribution in [-0.2, 0) is 0 Å². The van der Waals surface area contributed by atoms with Gasteiger partial charge in [0.25, 0.3) is 5.91 Å². The molecular weight excluding hydrogens is 219 g/mol. The predicted molar refractivity (Wildman–Crippen MR) is 64.2 cm³/mol. The summed E-state index contributed by atoms with van der Waals surface area (Å²) in [5.41, 5.74) is 6.73. The van der Waals surface area contributed by atoms with Crippen molar-refractivity contribution in [2.24, 2.45) is 5.73 Å². The molecule has 1 aliphatic heterocycles. The molecule has 1 amide bonds. The first-order chi connectivity index (χ1) is 7.95. The Morgan fingerprint density at radius 3 is 2.76 bits per heavy atom. The van der Waals surface area contributed by atoms with Crippen LogP contribution >= 0.6 is 0 Å². The summed E-state index contributed by atoms with van der Waals surface area (Å²) in [6.45, 7) is 4.85. The summed E-state index contributed by atoms with van der Waals surface area (Å²) in [6.07, 6.45) is 0.826. The van der Waals surface area contributed by atoms with Crippen LogP contribution in [0.5, 0.6) is 0 Å². The van der Waals surface area contributed by atoms with Crippen LogP contribution in [0.25, 0.3) is 0 Å². The van der Waals surface area contributed by atoms with E-state index in [2.05, 4.69) is 0 Å². The average molecular weight is 236 g/mol. The molecule has 1 heterocycles. The molecule has 1 aromatic carbocycles. The van der Waals surface area contributed by atoms with Crippen LogP contribution < -0.4 is 5.73 Å². The molecule has 0 unspecified atom stereocenters. The summed E-state index contributed by atoms with van der Waals surface area (Å²) in [5.74, 6) is -0.729. The van der Waals surface area contributed by atoms with Gasteiger partial charge in [-0.05, 0) is 25.5 Å².